The number of unbranched alkanes of at least 4 members (excludes halogenated alkanes) is 1. The van der Waals surface area contributed by atoms with Gasteiger partial charge < -0.3 is 10.2 Å². The molecule has 0 aliphatic carbocycles. The molecule has 1 unspecified atom stereocenters. The number of aliphatic hydroxyl groups excluding tert-OH is 2. The average molecular weight is 226 g/mol. The van der Waals surface area contributed by atoms with Crippen molar-refractivity contribution in [2.75, 3.05) is 6.61 Å². The molecule has 1 atom stereocenters. The van der Waals surface area contributed by atoms with Crippen LogP contribution in [-0.2, 0) is 0 Å². The van der Waals surface area contributed by atoms with E-state index in [2.05, 4.69) is 13.0 Å². The quantitative estimate of drug-likeness (QED) is 0.624. The maximum Gasteiger partial charge on any atom is 0.0747 e. The summed E-state index contributed by atoms with van der Waals surface area (Å²) in [5.41, 5.74) is 2.28. The lowest BCUT2D eigenvalue weighted by Crippen LogP contribution is -2.07. The van der Waals surface area contributed by atoms with Gasteiger partial charge in [0.1, 0.15) is 0 Å². The molecule has 2 N–H and O–H groups in total. The molecular weight excluding hydrogens is 200 g/mol. The van der Waals surface area contributed by atoms with Crippen LogP contribution in [0, 0.1) is 0 Å². The summed E-state index contributed by atoms with van der Waals surface area (Å²) in [7, 11) is 0. The summed E-state index contributed by atoms with van der Waals surface area (Å²) in [6, 6.07) is 0. The fraction of sp³-hybridized carbons (Fsp3) is 0.714. The van der Waals surface area contributed by atoms with Crippen LogP contribution in [0.5, 0.6) is 0 Å². The van der Waals surface area contributed by atoms with Crippen LogP contribution < -0.4 is 0 Å². The van der Waals surface area contributed by atoms with Crippen LogP contribution in [0.4, 0.5) is 0 Å². The zero-order valence-electron chi connectivity index (χ0n) is 10.9. The summed E-state index contributed by atoms with van der Waals surface area (Å²) in [6.07, 6.45) is 8.63. The Balaban J connectivity index is 3.89. The van der Waals surface area contributed by atoms with Crippen molar-refractivity contribution in [2.24, 2.45) is 0 Å². The molecule has 2 nitrogen and oxygen atoms in total. The lowest BCUT2D eigenvalue weighted by atomic mass is 10.0. The van der Waals surface area contributed by atoms with Gasteiger partial charge in [0.25, 0.3) is 0 Å². The molecule has 0 aromatic heterocycles. The summed E-state index contributed by atoms with van der Waals surface area (Å²) in [6.45, 7) is 6.26. The first-order valence-electron chi connectivity index (χ1n) is 6.23. The predicted octanol–water partition coefficient (Wildman–Crippen LogP) is 3.20. The minimum Gasteiger partial charge on any atom is -0.392 e. The van der Waals surface area contributed by atoms with E-state index in [-0.39, 0.29) is 12.7 Å². The third-order valence-corrected chi connectivity index (χ3v) is 2.80. The van der Waals surface area contributed by atoms with Crippen LogP contribution in [0.25, 0.3) is 0 Å². The number of aliphatic hydroxyl groups is 2. The topological polar surface area (TPSA) is 40.5 Å². The second-order valence-electron chi connectivity index (χ2n) is 4.38. The van der Waals surface area contributed by atoms with Gasteiger partial charge in [0.05, 0.1) is 12.7 Å². The molecule has 0 aliphatic rings. The van der Waals surface area contributed by atoms with E-state index < -0.39 is 0 Å². The number of hydrogen-bond acceptors (Lipinski definition) is 2. The van der Waals surface area contributed by atoms with Crippen molar-refractivity contribution in [3.05, 3.63) is 23.3 Å². The van der Waals surface area contributed by atoms with Gasteiger partial charge in [-0.15, -0.1) is 0 Å². The molecule has 0 saturated heterocycles. The average Bonchev–Trinajstić information content (AvgIpc) is 2.26. The van der Waals surface area contributed by atoms with E-state index in [4.69, 9.17) is 5.11 Å². The Bertz CT molecular complexity index is 229. The second-order valence-corrected chi connectivity index (χ2v) is 4.38. The minimum atomic E-state index is -0.276. The van der Waals surface area contributed by atoms with Crippen LogP contribution in [-0.4, -0.2) is 22.9 Å². The largest absolute Gasteiger partial charge is 0.392 e. The summed E-state index contributed by atoms with van der Waals surface area (Å²) in [5, 5.41) is 18.5. The molecule has 0 rings (SSSR count). The monoisotopic (exact) mass is 226 g/mol. The van der Waals surface area contributed by atoms with Crippen LogP contribution in [0.1, 0.15) is 52.9 Å². The molecule has 0 saturated carbocycles. The fourth-order valence-corrected chi connectivity index (χ4v) is 1.55. The van der Waals surface area contributed by atoms with E-state index in [1.165, 1.54) is 5.57 Å². The molecule has 16 heavy (non-hydrogen) atoms. The third kappa shape index (κ3) is 7.66. The van der Waals surface area contributed by atoms with E-state index in [0.717, 1.165) is 37.7 Å². The molecule has 0 spiro atoms. The number of allylic oxidation sites excluding steroid dienone is 2. The molecule has 0 aromatic carbocycles. The van der Waals surface area contributed by atoms with Crippen molar-refractivity contribution in [3.63, 3.8) is 0 Å². The molecule has 0 fully saturated rings. The molecule has 94 valence electrons. The van der Waals surface area contributed by atoms with Crippen molar-refractivity contribution in [1.29, 1.82) is 0 Å². The number of hydrogen-bond donors (Lipinski definition) is 2. The summed E-state index contributed by atoms with van der Waals surface area (Å²) >= 11 is 0. The van der Waals surface area contributed by atoms with Crippen molar-refractivity contribution >= 4 is 0 Å². The Hall–Kier alpha value is -0.600. The van der Waals surface area contributed by atoms with Crippen LogP contribution in [0.2, 0.25) is 0 Å². The lowest BCUT2D eigenvalue weighted by molar-refractivity contribution is 0.196. The van der Waals surface area contributed by atoms with Crippen LogP contribution in [0.3, 0.4) is 0 Å². The smallest absolute Gasteiger partial charge is 0.0747 e. The Morgan fingerprint density at radius 2 is 1.94 bits per heavy atom. The van der Waals surface area contributed by atoms with Crippen molar-refractivity contribution in [2.45, 2.75) is 59.0 Å². The van der Waals surface area contributed by atoms with Gasteiger partial charge in [0, 0.05) is 0 Å². The first kappa shape index (κ1) is 15.4. The highest BCUT2D eigenvalue weighted by atomic mass is 16.3. The Labute approximate surface area is 99.7 Å². The second kappa shape index (κ2) is 9.61. The fourth-order valence-electron chi connectivity index (χ4n) is 1.55. The van der Waals surface area contributed by atoms with Gasteiger partial charge in [0.15, 0.2) is 0 Å². The van der Waals surface area contributed by atoms with Crippen molar-refractivity contribution in [3.8, 4) is 0 Å². The van der Waals surface area contributed by atoms with Gasteiger partial charge in [-0.2, -0.15) is 0 Å². The standard InChI is InChI=1S/C14H26O2/c1-4-5-9-14(16)13(3)8-6-7-12(2)10-11-15/h8,10,14-16H,4-7,9,11H2,1-3H3. The van der Waals surface area contributed by atoms with Gasteiger partial charge in [-0.1, -0.05) is 37.5 Å². The van der Waals surface area contributed by atoms with Gasteiger partial charge in [-0.05, 0) is 38.7 Å². The first-order chi connectivity index (χ1) is 7.61. The molecule has 0 aliphatic heterocycles. The maximum absolute atomic E-state index is 9.79. The van der Waals surface area contributed by atoms with Gasteiger partial charge >= 0.3 is 0 Å². The van der Waals surface area contributed by atoms with E-state index in [1.807, 2.05) is 19.9 Å². The zero-order chi connectivity index (χ0) is 12.4. The van der Waals surface area contributed by atoms with Crippen molar-refractivity contribution in [1.82, 2.24) is 0 Å². The molecule has 0 heterocycles. The first-order valence-corrected chi connectivity index (χ1v) is 6.23. The van der Waals surface area contributed by atoms with E-state index in [1.54, 1.807) is 0 Å². The van der Waals surface area contributed by atoms with E-state index >= 15 is 0 Å². The van der Waals surface area contributed by atoms with Crippen LogP contribution >= 0.6 is 0 Å². The highest BCUT2D eigenvalue weighted by molar-refractivity contribution is 5.07. The molecule has 0 bridgehead atoms. The summed E-state index contributed by atoms with van der Waals surface area (Å²) < 4.78 is 0. The Kier molecular flexibility index (Phi) is 9.25. The van der Waals surface area contributed by atoms with E-state index in [9.17, 15) is 5.11 Å². The third-order valence-electron chi connectivity index (χ3n) is 2.80. The Morgan fingerprint density at radius 3 is 2.50 bits per heavy atom. The lowest BCUT2D eigenvalue weighted by Gasteiger charge is -2.10. The SMILES string of the molecule is CCCCC(O)C(C)=CCCC(C)=CCO. The summed E-state index contributed by atoms with van der Waals surface area (Å²) in [4.78, 5) is 0. The molecular formula is C14H26O2. The Morgan fingerprint density at radius 1 is 1.25 bits per heavy atom. The summed E-state index contributed by atoms with van der Waals surface area (Å²) in [5.74, 6) is 0. The van der Waals surface area contributed by atoms with Gasteiger partial charge in [0.2, 0.25) is 0 Å². The minimum absolute atomic E-state index is 0.119. The zero-order valence-corrected chi connectivity index (χ0v) is 10.9. The highest BCUT2D eigenvalue weighted by Crippen LogP contribution is 2.12. The molecule has 2 heteroatoms. The van der Waals surface area contributed by atoms with Crippen LogP contribution in [0.15, 0.2) is 23.3 Å². The van der Waals surface area contributed by atoms with Gasteiger partial charge in [-0.25, -0.2) is 0 Å². The van der Waals surface area contributed by atoms with Crippen molar-refractivity contribution < 1.29 is 10.2 Å². The molecule has 0 radical (unpaired) electrons. The highest BCUT2D eigenvalue weighted by Gasteiger charge is 2.04. The predicted molar refractivity (Wildman–Crippen MR) is 69.4 cm³/mol. The maximum atomic E-state index is 9.79. The molecule has 0 amide bonds. The number of rotatable bonds is 8. The molecule has 0 aromatic rings. The van der Waals surface area contributed by atoms with Gasteiger partial charge in [-0.3, -0.25) is 0 Å². The van der Waals surface area contributed by atoms with E-state index in [0.29, 0.717) is 0 Å². The normalized spacial score (nSPS) is 15.3.